The topological polar surface area (TPSA) is 62.6 Å². The van der Waals surface area contributed by atoms with E-state index in [0.717, 1.165) is 11.0 Å². The van der Waals surface area contributed by atoms with Crippen molar-refractivity contribution in [2.75, 3.05) is 7.05 Å². The van der Waals surface area contributed by atoms with E-state index in [0.29, 0.717) is 5.76 Å². The molecule has 0 unspecified atom stereocenters. The maximum absolute atomic E-state index is 12.1. The van der Waals surface area contributed by atoms with Crippen LogP contribution in [-0.2, 0) is 10.2 Å². The summed E-state index contributed by atoms with van der Waals surface area (Å²) in [6.45, 7) is 5.42. The summed E-state index contributed by atoms with van der Waals surface area (Å²) in [5.41, 5.74) is 0.755. The number of rotatable bonds is 5. The Morgan fingerprint density at radius 1 is 1.20 bits per heavy atom. The highest BCUT2D eigenvalue weighted by Gasteiger charge is 2.24. The second-order valence-electron chi connectivity index (χ2n) is 5.14. The highest BCUT2D eigenvalue weighted by atomic mass is 32.2. The molecule has 0 saturated heterocycles. The summed E-state index contributed by atoms with van der Waals surface area (Å²) in [5.74, 6) is 0.604. The van der Waals surface area contributed by atoms with Gasteiger partial charge in [-0.2, -0.15) is 17.4 Å². The third-order valence-corrected chi connectivity index (χ3v) is 5.13. The van der Waals surface area contributed by atoms with Gasteiger partial charge in [0.2, 0.25) is 0 Å². The van der Waals surface area contributed by atoms with Gasteiger partial charge >= 0.3 is 0 Å². The molecular formula is C14H20N2O3S. The molecule has 1 aromatic carbocycles. The molecule has 6 heteroatoms. The average molecular weight is 296 g/mol. The second-order valence-corrected chi connectivity index (χ2v) is 6.90. The number of para-hydroxylation sites is 1. The first-order chi connectivity index (χ1) is 9.31. The van der Waals surface area contributed by atoms with Crippen LogP contribution in [-0.4, -0.2) is 25.8 Å². The molecular weight excluding hydrogens is 276 g/mol. The van der Waals surface area contributed by atoms with E-state index in [4.69, 9.17) is 4.42 Å². The molecule has 1 atom stereocenters. The number of furan rings is 1. The standard InChI is InChI=1S/C14H20N2O3S/c1-10(2)16(4)20(17,18)15-11(3)14-9-12-7-5-6-8-13(12)19-14/h5-11,15H,1-4H3/t11-/m1/s1. The van der Waals surface area contributed by atoms with Crippen LogP contribution in [0.1, 0.15) is 32.6 Å². The minimum atomic E-state index is -3.52. The number of hydrogen-bond acceptors (Lipinski definition) is 3. The normalized spacial score (nSPS) is 14.3. The summed E-state index contributed by atoms with van der Waals surface area (Å²) in [7, 11) is -1.97. The Balaban J connectivity index is 2.21. The SMILES string of the molecule is CC(C)N(C)S(=O)(=O)N[C@H](C)c1cc2ccccc2o1. The fourth-order valence-electron chi connectivity index (χ4n) is 1.86. The molecule has 0 radical (unpaired) electrons. The van der Waals surface area contributed by atoms with Crippen molar-refractivity contribution in [2.45, 2.75) is 32.9 Å². The minimum Gasteiger partial charge on any atom is -0.459 e. The van der Waals surface area contributed by atoms with Crippen LogP contribution in [0.3, 0.4) is 0 Å². The van der Waals surface area contributed by atoms with Gasteiger partial charge in [0.1, 0.15) is 11.3 Å². The van der Waals surface area contributed by atoms with E-state index in [2.05, 4.69) is 4.72 Å². The molecule has 0 aliphatic carbocycles. The number of fused-ring (bicyclic) bond motifs is 1. The highest BCUT2D eigenvalue weighted by molar-refractivity contribution is 7.87. The van der Waals surface area contributed by atoms with Gasteiger partial charge in [0.05, 0.1) is 6.04 Å². The summed E-state index contributed by atoms with van der Waals surface area (Å²) in [6.07, 6.45) is 0. The van der Waals surface area contributed by atoms with Crippen LogP contribution in [0.2, 0.25) is 0 Å². The second kappa shape index (κ2) is 5.55. The molecule has 5 nitrogen and oxygen atoms in total. The Kier molecular flexibility index (Phi) is 4.17. The summed E-state index contributed by atoms with van der Waals surface area (Å²) in [5, 5.41) is 0.964. The van der Waals surface area contributed by atoms with Crippen molar-refractivity contribution < 1.29 is 12.8 Å². The number of nitrogens with zero attached hydrogens (tertiary/aromatic N) is 1. The molecule has 0 saturated carbocycles. The van der Waals surface area contributed by atoms with Crippen molar-refractivity contribution >= 4 is 21.2 Å². The lowest BCUT2D eigenvalue weighted by molar-refractivity contribution is 0.391. The van der Waals surface area contributed by atoms with E-state index in [-0.39, 0.29) is 6.04 Å². The Morgan fingerprint density at radius 3 is 2.45 bits per heavy atom. The summed E-state index contributed by atoms with van der Waals surface area (Å²) in [4.78, 5) is 0. The van der Waals surface area contributed by atoms with Crippen LogP contribution in [0.25, 0.3) is 11.0 Å². The largest absolute Gasteiger partial charge is 0.459 e. The van der Waals surface area contributed by atoms with Gasteiger partial charge in [-0.3, -0.25) is 0 Å². The molecule has 0 spiro atoms. The molecule has 0 aliphatic heterocycles. The summed E-state index contributed by atoms with van der Waals surface area (Å²) >= 11 is 0. The van der Waals surface area contributed by atoms with Crippen LogP contribution in [0.5, 0.6) is 0 Å². The van der Waals surface area contributed by atoms with Crippen molar-refractivity contribution in [3.63, 3.8) is 0 Å². The van der Waals surface area contributed by atoms with E-state index in [9.17, 15) is 8.42 Å². The molecule has 1 aromatic heterocycles. The quantitative estimate of drug-likeness (QED) is 0.922. The van der Waals surface area contributed by atoms with Crippen molar-refractivity contribution in [1.29, 1.82) is 0 Å². The van der Waals surface area contributed by atoms with Gasteiger partial charge < -0.3 is 4.42 Å². The predicted octanol–water partition coefficient (Wildman–Crippen LogP) is 2.67. The molecule has 0 fully saturated rings. The highest BCUT2D eigenvalue weighted by Crippen LogP contribution is 2.24. The van der Waals surface area contributed by atoms with Crippen molar-refractivity contribution in [1.82, 2.24) is 9.03 Å². The Bertz CT molecular complexity index is 658. The van der Waals surface area contributed by atoms with E-state index in [1.165, 1.54) is 4.31 Å². The number of nitrogens with one attached hydrogen (secondary N) is 1. The zero-order chi connectivity index (χ0) is 14.9. The van der Waals surface area contributed by atoms with Gasteiger partial charge in [-0.15, -0.1) is 0 Å². The fourth-order valence-corrected chi connectivity index (χ4v) is 3.14. The first-order valence-corrected chi connectivity index (χ1v) is 7.99. The maximum Gasteiger partial charge on any atom is 0.280 e. The maximum atomic E-state index is 12.1. The van der Waals surface area contributed by atoms with Crippen LogP contribution in [0, 0.1) is 0 Å². The Labute approximate surface area is 119 Å². The van der Waals surface area contributed by atoms with E-state index >= 15 is 0 Å². The van der Waals surface area contributed by atoms with Gasteiger partial charge in [-0.05, 0) is 32.9 Å². The monoisotopic (exact) mass is 296 g/mol. The lowest BCUT2D eigenvalue weighted by atomic mass is 10.2. The Hall–Kier alpha value is -1.37. The fraction of sp³-hybridized carbons (Fsp3) is 0.429. The number of benzene rings is 1. The van der Waals surface area contributed by atoms with Crippen molar-refractivity contribution in [2.24, 2.45) is 0 Å². The van der Waals surface area contributed by atoms with Gasteiger partial charge in [0.25, 0.3) is 10.2 Å². The van der Waals surface area contributed by atoms with Gasteiger partial charge in [-0.25, -0.2) is 0 Å². The zero-order valence-electron chi connectivity index (χ0n) is 12.1. The molecule has 0 amide bonds. The summed E-state index contributed by atoms with van der Waals surface area (Å²) < 4.78 is 33.9. The Morgan fingerprint density at radius 2 is 1.85 bits per heavy atom. The first-order valence-electron chi connectivity index (χ1n) is 6.55. The first kappa shape index (κ1) is 15.0. The minimum absolute atomic E-state index is 0.102. The number of hydrogen-bond donors (Lipinski definition) is 1. The molecule has 2 aromatic rings. The molecule has 1 N–H and O–H groups in total. The van der Waals surface area contributed by atoms with Crippen molar-refractivity contribution in [3.05, 3.63) is 36.1 Å². The molecule has 0 aliphatic rings. The van der Waals surface area contributed by atoms with E-state index < -0.39 is 16.3 Å². The molecule has 2 rings (SSSR count). The molecule has 0 bridgehead atoms. The van der Waals surface area contributed by atoms with Crippen LogP contribution in [0.4, 0.5) is 0 Å². The van der Waals surface area contributed by atoms with Crippen LogP contribution >= 0.6 is 0 Å². The van der Waals surface area contributed by atoms with Gasteiger partial charge in [0.15, 0.2) is 0 Å². The van der Waals surface area contributed by atoms with Crippen LogP contribution in [0.15, 0.2) is 34.7 Å². The smallest absolute Gasteiger partial charge is 0.280 e. The van der Waals surface area contributed by atoms with Crippen molar-refractivity contribution in [3.8, 4) is 0 Å². The molecule has 20 heavy (non-hydrogen) atoms. The third-order valence-electron chi connectivity index (χ3n) is 3.30. The molecule has 110 valence electrons. The third kappa shape index (κ3) is 3.03. The molecule has 1 heterocycles. The predicted molar refractivity (Wildman–Crippen MR) is 79.6 cm³/mol. The van der Waals surface area contributed by atoms with E-state index in [1.54, 1.807) is 14.0 Å². The lowest BCUT2D eigenvalue weighted by Gasteiger charge is -2.23. The zero-order valence-corrected chi connectivity index (χ0v) is 12.9. The lowest BCUT2D eigenvalue weighted by Crippen LogP contribution is -2.42. The van der Waals surface area contributed by atoms with Gasteiger partial charge in [-0.1, -0.05) is 18.2 Å². The van der Waals surface area contributed by atoms with Crippen LogP contribution < -0.4 is 4.72 Å². The van der Waals surface area contributed by atoms with Gasteiger partial charge in [0, 0.05) is 18.5 Å². The summed E-state index contributed by atoms with van der Waals surface area (Å²) in [6, 6.07) is 8.94. The van der Waals surface area contributed by atoms with E-state index in [1.807, 2.05) is 44.2 Å². The average Bonchev–Trinajstić information content (AvgIpc) is 2.81.